The normalized spacial score (nSPS) is 20.5. The van der Waals surface area contributed by atoms with Crippen LogP contribution in [0.3, 0.4) is 0 Å². The van der Waals surface area contributed by atoms with Gasteiger partial charge >= 0.3 is 0 Å². The Kier molecular flexibility index (Phi) is 5.80. The quantitative estimate of drug-likeness (QED) is 0.833. The molecule has 19 heavy (non-hydrogen) atoms. The first-order valence-electron chi connectivity index (χ1n) is 7.03. The lowest BCUT2D eigenvalue weighted by Gasteiger charge is -2.25. The summed E-state index contributed by atoms with van der Waals surface area (Å²) >= 11 is 12.4. The Morgan fingerprint density at radius 1 is 1.37 bits per heavy atom. The standard InChI is InChI=1S/C15H21Cl2NO/c1-2-3-7-14(11-8-9-18-10-11)19-15-12(16)5-4-6-13(15)17/h4-6,11,14,18H,2-3,7-10H2,1H3/t11?,14-/m1/s1. The van der Waals surface area contributed by atoms with Gasteiger partial charge in [-0.25, -0.2) is 0 Å². The lowest BCUT2D eigenvalue weighted by Crippen LogP contribution is -2.29. The summed E-state index contributed by atoms with van der Waals surface area (Å²) in [5.74, 6) is 1.19. The molecule has 1 aromatic rings. The summed E-state index contributed by atoms with van der Waals surface area (Å²) in [6.45, 7) is 4.30. The van der Waals surface area contributed by atoms with E-state index < -0.39 is 0 Å². The maximum absolute atomic E-state index is 6.19. The third-order valence-electron chi connectivity index (χ3n) is 3.65. The van der Waals surface area contributed by atoms with E-state index in [0.29, 0.717) is 21.7 Å². The van der Waals surface area contributed by atoms with Crippen molar-refractivity contribution in [2.45, 2.75) is 38.7 Å². The predicted octanol–water partition coefficient (Wildman–Crippen LogP) is 4.54. The van der Waals surface area contributed by atoms with Crippen LogP contribution in [-0.4, -0.2) is 19.2 Å². The molecule has 0 saturated carbocycles. The first kappa shape index (κ1) is 15.0. The van der Waals surface area contributed by atoms with Gasteiger partial charge in [0.05, 0.1) is 10.0 Å². The van der Waals surface area contributed by atoms with E-state index in [1.807, 2.05) is 18.2 Å². The van der Waals surface area contributed by atoms with Crippen LogP contribution in [-0.2, 0) is 0 Å². The monoisotopic (exact) mass is 301 g/mol. The van der Waals surface area contributed by atoms with Gasteiger partial charge < -0.3 is 10.1 Å². The number of para-hydroxylation sites is 1. The van der Waals surface area contributed by atoms with Crippen LogP contribution in [0.4, 0.5) is 0 Å². The van der Waals surface area contributed by atoms with Crippen molar-refractivity contribution < 1.29 is 4.74 Å². The molecule has 1 saturated heterocycles. The number of hydrogen-bond acceptors (Lipinski definition) is 2. The van der Waals surface area contributed by atoms with Crippen molar-refractivity contribution in [3.8, 4) is 5.75 Å². The maximum atomic E-state index is 6.19. The number of hydrogen-bond donors (Lipinski definition) is 1. The molecule has 0 radical (unpaired) electrons. The molecule has 0 aromatic heterocycles. The third kappa shape index (κ3) is 4.01. The number of benzene rings is 1. The zero-order chi connectivity index (χ0) is 13.7. The highest BCUT2D eigenvalue weighted by Gasteiger charge is 2.27. The molecule has 0 bridgehead atoms. The van der Waals surface area contributed by atoms with Crippen molar-refractivity contribution in [1.29, 1.82) is 0 Å². The molecular weight excluding hydrogens is 281 g/mol. The minimum Gasteiger partial charge on any atom is -0.487 e. The average Bonchev–Trinajstić information content (AvgIpc) is 2.91. The second-order valence-electron chi connectivity index (χ2n) is 5.10. The molecule has 1 fully saturated rings. The smallest absolute Gasteiger partial charge is 0.156 e. The molecule has 1 aromatic carbocycles. The van der Waals surface area contributed by atoms with E-state index in [1.165, 1.54) is 12.8 Å². The fraction of sp³-hybridized carbons (Fsp3) is 0.600. The molecule has 1 unspecified atom stereocenters. The van der Waals surface area contributed by atoms with Gasteiger partial charge in [-0.15, -0.1) is 0 Å². The molecule has 1 N–H and O–H groups in total. The maximum Gasteiger partial charge on any atom is 0.156 e. The first-order chi connectivity index (χ1) is 9.22. The fourth-order valence-corrected chi connectivity index (χ4v) is 3.02. The molecule has 0 aliphatic carbocycles. The van der Waals surface area contributed by atoms with E-state index in [4.69, 9.17) is 27.9 Å². The molecular formula is C15H21Cl2NO. The van der Waals surface area contributed by atoms with Crippen LogP contribution in [0.25, 0.3) is 0 Å². The second kappa shape index (κ2) is 7.37. The SMILES string of the molecule is CCCC[C@@H](Oc1c(Cl)cccc1Cl)C1CCNC1. The lowest BCUT2D eigenvalue weighted by molar-refractivity contribution is 0.131. The molecule has 0 spiro atoms. The molecule has 1 aliphatic heterocycles. The number of ether oxygens (including phenoxy) is 1. The predicted molar refractivity (Wildman–Crippen MR) is 81.4 cm³/mol. The fourth-order valence-electron chi connectivity index (χ4n) is 2.54. The van der Waals surface area contributed by atoms with Crippen LogP contribution >= 0.6 is 23.2 Å². The highest BCUT2D eigenvalue weighted by molar-refractivity contribution is 6.37. The molecule has 106 valence electrons. The summed E-state index contributed by atoms with van der Waals surface area (Å²) in [4.78, 5) is 0. The van der Waals surface area contributed by atoms with Gasteiger partial charge in [0.25, 0.3) is 0 Å². The summed E-state index contributed by atoms with van der Waals surface area (Å²) in [7, 11) is 0. The average molecular weight is 302 g/mol. The first-order valence-corrected chi connectivity index (χ1v) is 7.79. The van der Waals surface area contributed by atoms with Crippen molar-refractivity contribution in [3.05, 3.63) is 28.2 Å². The highest BCUT2D eigenvalue weighted by atomic mass is 35.5. The highest BCUT2D eigenvalue weighted by Crippen LogP contribution is 2.35. The van der Waals surface area contributed by atoms with Gasteiger partial charge in [0.2, 0.25) is 0 Å². The minimum atomic E-state index is 0.201. The number of unbranched alkanes of at least 4 members (excludes halogenated alkanes) is 1. The van der Waals surface area contributed by atoms with E-state index in [1.54, 1.807) is 0 Å². The van der Waals surface area contributed by atoms with E-state index >= 15 is 0 Å². The van der Waals surface area contributed by atoms with Gasteiger partial charge in [-0.1, -0.05) is 49.0 Å². The Morgan fingerprint density at radius 2 is 2.11 bits per heavy atom. The van der Waals surface area contributed by atoms with Gasteiger partial charge in [0.1, 0.15) is 6.10 Å². The molecule has 1 aliphatic rings. The van der Waals surface area contributed by atoms with E-state index in [0.717, 1.165) is 25.9 Å². The Hall–Kier alpha value is -0.440. The number of halogens is 2. The summed E-state index contributed by atoms with van der Waals surface area (Å²) in [5.41, 5.74) is 0. The summed E-state index contributed by atoms with van der Waals surface area (Å²) in [5, 5.41) is 4.59. The largest absolute Gasteiger partial charge is 0.487 e. The van der Waals surface area contributed by atoms with E-state index in [9.17, 15) is 0 Å². The number of rotatable bonds is 6. The van der Waals surface area contributed by atoms with Crippen molar-refractivity contribution in [2.24, 2.45) is 5.92 Å². The van der Waals surface area contributed by atoms with Gasteiger partial charge in [0, 0.05) is 12.5 Å². The van der Waals surface area contributed by atoms with Gasteiger partial charge in [-0.3, -0.25) is 0 Å². The summed E-state index contributed by atoms with van der Waals surface area (Å²) in [6, 6.07) is 5.49. The van der Waals surface area contributed by atoms with Crippen LogP contribution in [0.1, 0.15) is 32.6 Å². The van der Waals surface area contributed by atoms with Gasteiger partial charge in [-0.05, 0) is 31.5 Å². The van der Waals surface area contributed by atoms with E-state index in [2.05, 4.69) is 12.2 Å². The molecule has 2 atom stereocenters. The van der Waals surface area contributed by atoms with Crippen LogP contribution in [0, 0.1) is 5.92 Å². The third-order valence-corrected chi connectivity index (χ3v) is 4.25. The number of nitrogens with one attached hydrogen (secondary N) is 1. The minimum absolute atomic E-state index is 0.201. The van der Waals surface area contributed by atoms with Crippen LogP contribution in [0.5, 0.6) is 5.75 Å². The molecule has 4 heteroatoms. The van der Waals surface area contributed by atoms with Crippen molar-refractivity contribution in [2.75, 3.05) is 13.1 Å². The zero-order valence-electron chi connectivity index (χ0n) is 11.3. The lowest BCUT2D eigenvalue weighted by atomic mass is 9.97. The Balaban J connectivity index is 2.10. The van der Waals surface area contributed by atoms with Crippen LogP contribution in [0.15, 0.2) is 18.2 Å². The zero-order valence-corrected chi connectivity index (χ0v) is 12.8. The Morgan fingerprint density at radius 3 is 2.68 bits per heavy atom. The van der Waals surface area contributed by atoms with Crippen LogP contribution < -0.4 is 10.1 Å². The Labute approximate surface area is 125 Å². The van der Waals surface area contributed by atoms with Gasteiger partial charge in [0.15, 0.2) is 5.75 Å². The molecule has 2 nitrogen and oxygen atoms in total. The van der Waals surface area contributed by atoms with Gasteiger partial charge in [-0.2, -0.15) is 0 Å². The molecule has 1 heterocycles. The van der Waals surface area contributed by atoms with E-state index in [-0.39, 0.29) is 6.10 Å². The van der Waals surface area contributed by atoms with Crippen molar-refractivity contribution in [1.82, 2.24) is 5.32 Å². The second-order valence-corrected chi connectivity index (χ2v) is 5.92. The summed E-state index contributed by atoms with van der Waals surface area (Å²) in [6.07, 6.45) is 4.77. The molecule has 0 amide bonds. The topological polar surface area (TPSA) is 21.3 Å². The molecule has 2 rings (SSSR count). The summed E-state index contributed by atoms with van der Waals surface area (Å²) < 4.78 is 6.16. The Bertz CT molecular complexity index is 385. The van der Waals surface area contributed by atoms with Crippen molar-refractivity contribution in [3.63, 3.8) is 0 Å². The van der Waals surface area contributed by atoms with Crippen molar-refractivity contribution >= 4 is 23.2 Å². The van der Waals surface area contributed by atoms with Crippen LogP contribution in [0.2, 0.25) is 10.0 Å².